The van der Waals surface area contributed by atoms with E-state index in [4.69, 9.17) is 0 Å². The zero-order valence-electron chi connectivity index (χ0n) is 18.1. The number of benzene rings is 3. The highest BCUT2D eigenvalue weighted by molar-refractivity contribution is 7.90. The third kappa shape index (κ3) is 3.06. The van der Waals surface area contributed by atoms with E-state index in [2.05, 4.69) is 0 Å². The van der Waals surface area contributed by atoms with Crippen LogP contribution in [-0.2, 0) is 23.5 Å². The molecule has 0 saturated heterocycles. The molecule has 0 spiro atoms. The van der Waals surface area contributed by atoms with E-state index >= 15 is 0 Å². The van der Waals surface area contributed by atoms with Gasteiger partial charge in [-0.2, -0.15) is 0 Å². The molecule has 6 heteroatoms. The van der Waals surface area contributed by atoms with Crippen LogP contribution in [0, 0.1) is 19.7 Å². The van der Waals surface area contributed by atoms with Crippen molar-refractivity contribution in [2.24, 2.45) is 7.05 Å². The first kappa shape index (κ1) is 20.5. The molecule has 0 aliphatic rings. The van der Waals surface area contributed by atoms with Gasteiger partial charge in [-0.25, -0.2) is 16.8 Å². The van der Waals surface area contributed by atoms with E-state index in [0.29, 0.717) is 23.1 Å². The van der Waals surface area contributed by atoms with Crippen molar-refractivity contribution in [2.45, 2.75) is 25.2 Å². The van der Waals surface area contributed by atoms with Crippen LogP contribution in [0.3, 0.4) is 0 Å². The smallest absolute Gasteiger partial charge is 0.268 e. The number of fused-ring (bicyclic) bond motifs is 2. The molecule has 0 amide bonds. The monoisotopic (exact) mass is 446 g/mol. The molecule has 4 nitrogen and oxygen atoms in total. The predicted molar refractivity (Wildman–Crippen MR) is 126 cm³/mol. The third-order valence-electron chi connectivity index (χ3n) is 6.16. The Labute approximate surface area is 186 Å². The predicted octanol–water partition coefficient (Wildman–Crippen LogP) is 5.72. The summed E-state index contributed by atoms with van der Waals surface area (Å²) < 4.78 is 45.3. The largest absolute Gasteiger partial charge is 0.348 e. The highest BCUT2D eigenvalue weighted by Crippen LogP contribution is 2.33. The molecular formula is C26H23FN2O2S. The fourth-order valence-corrected chi connectivity index (χ4v) is 6.14. The SMILES string of the molecule is Cc1ccc(S(=O)(=O)n2c(Cc3cn(C)c4c(F)cccc34)c(C)c3ccccc32)cc1. The van der Waals surface area contributed by atoms with Crippen LogP contribution in [-0.4, -0.2) is 17.0 Å². The summed E-state index contributed by atoms with van der Waals surface area (Å²) in [6.07, 6.45) is 2.25. The lowest BCUT2D eigenvalue weighted by Crippen LogP contribution is -2.16. The topological polar surface area (TPSA) is 44.0 Å². The number of para-hydroxylation sites is 2. The maximum atomic E-state index is 14.4. The Morgan fingerprint density at radius 2 is 1.56 bits per heavy atom. The summed E-state index contributed by atoms with van der Waals surface area (Å²) in [7, 11) is -2.03. The van der Waals surface area contributed by atoms with Crippen molar-refractivity contribution in [3.63, 3.8) is 0 Å². The van der Waals surface area contributed by atoms with Crippen molar-refractivity contribution < 1.29 is 12.8 Å². The Kier molecular flexibility index (Phi) is 4.71. The second-order valence-electron chi connectivity index (χ2n) is 8.25. The lowest BCUT2D eigenvalue weighted by Gasteiger charge is -2.13. The molecule has 0 bridgehead atoms. The van der Waals surface area contributed by atoms with Crippen molar-refractivity contribution in [3.8, 4) is 0 Å². The van der Waals surface area contributed by atoms with Crippen LogP contribution in [0.4, 0.5) is 4.39 Å². The molecule has 5 rings (SSSR count). The van der Waals surface area contributed by atoms with Gasteiger partial charge >= 0.3 is 0 Å². The van der Waals surface area contributed by atoms with Gasteiger partial charge in [0.1, 0.15) is 5.82 Å². The molecule has 0 saturated carbocycles. The number of halogens is 1. The average molecular weight is 447 g/mol. The van der Waals surface area contributed by atoms with E-state index in [9.17, 15) is 12.8 Å². The Morgan fingerprint density at radius 3 is 2.31 bits per heavy atom. The summed E-state index contributed by atoms with van der Waals surface area (Å²) in [6.45, 7) is 3.88. The number of nitrogens with zero attached hydrogens (tertiary/aromatic N) is 2. The molecule has 0 fully saturated rings. The molecule has 3 aromatic carbocycles. The van der Waals surface area contributed by atoms with Gasteiger partial charge in [-0.3, -0.25) is 0 Å². The number of aryl methyl sites for hydroxylation is 3. The van der Waals surface area contributed by atoms with E-state index in [1.54, 1.807) is 41.9 Å². The van der Waals surface area contributed by atoms with Gasteiger partial charge in [0.25, 0.3) is 10.0 Å². The first-order chi connectivity index (χ1) is 15.3. The summed E-state index contributed by atoms with van der Waals surface area (Å²) in [6, 6.07) is 19.4. The Balaban J connectivity index is 1.77. The second-order valence-corrected chi connectivity index (χ2v) is 10.0. The van der Waals surface area contributed by atoms with Gasteiger partial charge in [0, 0.05) is 36.1 Å². The number of hydrogen-bond donors (Lipinski definition) is 0. The molecule has 0 N–H and O–H groups in total. The molecule has 0 atom stereocenters. The highest BCUT2D eigenvalue weighted by Gasteiger charge is 2.26. The summed E-state index contributed by atoms with van der Waals surface area (Å²) >= 11 is 0. The van der Waals surface area contributed by atoms with Gasteiger partial charge in [0.2, 0.25) is 0 Å². The quantitative estimate of drug-likeness (QED) is 0.355. The van der Waals surface area contributed by atoms with Crippen LogP contribution in [0.15, 0.2) is 77.8 Å². The number of rotatable bonds is 4. The fraction of sp³-hybridized carbons (Fsp3) is 0.154. The molecule has 162 valence electrons. The van der Waals surface area contributed by atoms with Gasteiger partial charge in [-0.1, -0.05) is 48.0 Å². The minimum atomic E-state index is -3.83. The first-order valence-corrected chi connectivity index (χ1v) is 11.9. The van der Waals surface area contributed by atoms with E-state index in [1.807, 2.05) is 50.4 Å². The van der Waals surface area contributed by atoms with Gasteiger partial charge in [0.05, 0.1) is 15.9 Å². The van der Waals surface area contributed by atoms with Gasteiger partial charge in [0.15, 0.2) is 0 Å². The molecule has 2 heterocycles. The lowest BCUT2D eigenvalue weighted by atomic mass is 10.0. The standard InChI is InChI=1S/C26H23FN2O2S/c1-17-11-13-20(14-12-17)32(30,31)29-24-10-5-4-7-21(24)18(2)25(29)15-19-16-28(3)26-22(19)8-6-9-23(26)27/h4-14,16H,15H2,1-3H3. The fourth-order valence-electron chi connectivity index (χ4n) is 4.54. The van der Waals surface area contributed by atoms with Gasteiger partial charge in [-0.05, 0) is 49.2 Å². The molecular weight excluding hydrogens is 423 g/mol. The zero-order valence-corrected chi connectivity index (χ0v) is 18.9. The summed E-state index contributed by atoms with van der Waals surface area (Å²) in [5.41, 5.74) is 4.63. The summed E-state index contributed by atoms with van der Waals surface area (Å²) in [5, 5.41) is 1.68. The van der Waals surface area contributed by atoms with Gasteiger partial charge in [-0.15, -0.1) is 0 Å². The van der Waals surface area contributed by atoms with Crippen LogP contribution < -0.4 is 0 Å². The molecule has 0 unspecified atom stereocenters. The van der Waals surface area contributed by atoms with Crippen LogP contribution in [0.1, 0.15) is 22.4 Å². The molecule has 5 aromatic rings. The Morgan fingerprint density at radius 1 is 0.875 bits per heavy atom. The molecule has 0 aliphatic carbocycles. The minimum absolute atomic E-state index is 0.245. The van der Waals surface area contributed by atoms with Crippen molar-refractivity contribution in [1.82, 2.24) is 8.54 Å². The lowest BCUT2D eigenvalue weighted by molar-refractivity contribution is 0.587. The van der Waals surface area contributed by atoms with Crippen molar-refractivity contribution in [3.05, 3.63) is 101 Å². The number of hydrogen-bond acceptors (Lipinski definition) is 2. The third-order valence-corrected chi connectivity index (χ3v) is 7.92. The van der Waals surface area contributed by atoms with Crippen LogP contribution >= 0.6 is 0 Å². The van der Waals surface area contributed by atoms with E-state index in [1.165, 1.54) is 10.0 Å². The number of aromatic nitrogens is 2. The van der Waals surface area contributed by atoms with Crippen LogP contribution in [0.2, 0.25) is 0 Å². The first-order valence-electron chi connectivity index (χ1n) is 10.4. The minimum Gasteiger partial charge on any atom is -0.348 e. The molecule has 2 aromatic heterocycles. The maximum Gasteiger partial charge on any atom is 0.268 e. The normalized spacial score (nSPS) is 12.1. The molecule has 0 radical (unpaired) electrons. The van der Waals surface area contributed by atoms with Crippen molar-refractivity contribution in [2.75, 3.05) is 0 Å². The van der Waals surface area contributed by atoms with Crippen molar-refractivity contribution in [1.29, 1.82) is 0 Å². The summed E-state index contributed by atoms with van der Waals surface area (Å²) in [4.78, 5) is 0.245. The van der Waals surface area contributed by atoms with Crippen molar-refractivity contribution >= 4 is 31.8 Å². The van der Waals surface area contributed by atoms with Gasteiger partial charge < -0.3 is 4.57 Å². The highest BCUT2D eigenvalue weighted by atomic mass is 32.2. The van der Waals surface area contributed by atoms with E-state index < -0.39 is 10.0 Å². The van der Waals surface area contributed by atoms with E-state index in [-0.39, 0.29) is 10.7 Å². The zero-order chi connectivity index (χ0) is 22.6. The molecule has 32 heavy (non-hydrogen) atoms. The average Bonchev–Trinajstić information content (AvgIpc) is 3.24. The maximum absolute atomic E-state index is 14.4. The Bertz CT molecular complexity index is 1590. The Hall–Kier alpha value is -3.38. The second kappa shape index (κ2) is 7.35. The summed E-state index contributed by atoms with van der Waals surface area (Å²) in [5.74, 6) is -0.291. The van der Waals surface area contributed by atoms with Crippen LogP contribution in [0.25, 0.3) is 21.8 Å². The van der Waals surface area contributed by atoms with E-state index in [0.717, 1.165) is 27.5 Å². The molecule has 0 aliphatic heterocycles. The van der Waals surface area contributed by atoms with Crippen LogP contribution in [0.5, 0.6) is 0 Å².